The largest absolute Gasteiger partial charge is 1.00 e. The zero-order chi connectivity index (χ0) is 5.11. The van der Waals surface area contributed by atoms with E-state index in [0.29, 0.717) is 5.69 Å². The fraction of sp³-hybridized carbons (Fsp3) is 0. The first kappa shape index (κ1) is 25.9. The number of hydrogen-bond acceptors (Lipinski definition) is 0. The van der Waals surface area contributed by atoms with Crippen LogP contribution < -0.4 is 233 Å². The van der Waals surface area contributed by atoms with E-state index in [1.807, 2.05) is 0 Å². The van der Waals surface area contributed by atoms with Crippen molar-refractivity contribution in [1.29, 1.82) is 0 Å². The molecule has 0 amide bonds. The molecule has 0 heterocycles. The van der Waals surface area contributed by atoms with E-state index in [9.17, 15) is 0 Å². The van der Waals surface area contributed by atoms with Gasteiger partial charge in [0, 0.05) is 0 Å². The Morgan fingerprint density at radius 3 is 1.45 bits per heavy atom. The van der Waals surface area contributed by atoms with E-state index in [1.165, 1.54) is 0 Å². The molecule has 0 spiro atoms. The molecule has 0 atom stereocenters. The van der Waals surface area contributed by atoms with Crippen LogP contribution in [0.3, 0.4) is 0 Å². The third-order valence-corrected chi connectivity index (χ3v) is 0.648. The Hall–Kier alpha value is 6.24. The molecule has 0 aliphatic carbocycles. The van der Waals surface area contributed by atoms with Crippen molar-refractivity contribution in [3.05, 3.63) is 36.1 Å². The second-order valence-electron chi connectivity index (χ2n) is 1.19. The van der Waals surface area contributed by atoms with Crippen molar-refractivity contribution >= 4 is 5.69 Å². The van der Waals surface area contributed by atoms with Gasteiger partial charge in [0.05, 0.1) is 0 Å². The molecule has 1 N–H and O–H groups in total. The Bertz CT molecular complexity index is 145. The summed E-state index contributed by atoms with van der Waals surface area (Å²) in [6.45, 7) is 0. The molecule has 0 fully saturated rings. The minimum Gasteiger partial charge on any atom is -0.740 e. The van der Waals surface area contributed by atoms with Crippen molar-refractivity contribution in [2.75, 3.05) is 0 Å². The molecular weight excluding hydrogens is 428 g/mol. The minimum absolute atomic E-state index is 0. The van der Waals surface area contributed by atoms with E-state index >= 15 is 0 Å². The normalized spacial score (nSPS) is 5.45. The maximum Gasteiger partial charge on any atom is 1.00 e. The Kier molecular flexibility index (Phi) is 43.9. The molecular formula is C6H4NRb4+. The van der Waals surface area contributed by atoms with Gasteiger partial charge in [-0.2, -0.15) is 0 Å². The molecule has 5 heteroatoms. The van der Waals surface area contributed by atoms with Gasteiger partial charge >= 0.3 is 233 Å². The molecule has 0 saturated carbocycles. The van der Waals surface area contributed by atoms with Crippen LogP contribution in [0.1, 0.15) is 0 Å². The summed E-state index contributed by atoms with van der Waals surface area (Å²) in [4.78, 5) is 0. The van der Waals surface area contributed by atoms with Crippen molar-refractivity contribution in [2.45, 2.75) is 0 Å². The summed E-state index contributed by atoms with van der Waals surface area (Å²) in [5, 5.41) is 0. The van der Waals surface area contributed by atoms with Crippen LogP contribution in [-0.4, -0.2) is 0 Å². The summed E-state index contributed by atoms with van der Waals surface area (Å²) in [6.07, 6.45) is 0. The second kappa shape index (κ2) is 18.6. The maximum absolute atomic E-state index is 6.88. The zero-order valence-corrected chi connectivity index (χ0v) is 27.4. The van der Waals surface area contributed by atoms with E-state index in [1.54, 1.807) is 18.2 Å². The Morgan fingerprint density at radius 2 is 1.27 bits per heavy atom. The molecule has 0 radical (unpaired) electrons. The predicted molar refractivity (Wildman–Crippen MR) is 28.1 cm³/mol. The standard InChI is InChI=1S/C6H4N.4Rb/c7-6-4-2-1-3-5-6;;;;/h1-3,7H;;;;/q-3;4*+1. The third-order valence-electron chi connectivity index (χ3n) is 0.648. The van der Waals surface area contributed by atoms with Crippen LogP contribution in [0.2, 0.25) is 0 Å². The predicted octanol–water partition coefficient (Wildman–Crippen LogP) is -10.0. The topological polar surface area (TPSA) is 23.8 Å². The van der Waals surface area contributed by atoms with Gasteiger partial charge in [-0.3, -0.25) is 18.2 Å². The number of benzene rings is 1. The molecule has 1 aromatic rings. The van der Waals surface area contributed by atoms with Gasteiger partial charge in [-0.05, 0) is 0 Å². The van der Waals surface area contributed by atoms with E-state index in [-0.39, 0.29) is 233 Å². The summed E-state index contributed by atoms with van der Waals surface area (Å²) in [7, 11) is 0. The zero-order valence-electron chi connectivity index (χ0n) is 7.73. The average Bonchev–Trinajstić information content (AvgIpc) is 1.69. The molecule has 1 rings (SSSR count). The summed E-state index contributed by atoms with van der Waals surface area (Å²) in [6, 6.07) is 10.5. The van der Waals surface area contributed by atoms with Crippen LogP contribution >= 0.6 is 0 Å². The van der Waals surface area contributed by atoms with Crippen molar-refractivity contribution in [2.24, 2.45) is 0 Å². The molecule has 0 aromatic heterocycles. The monoisotopic (exact) mass is 430 g/mol. The summed E-state index contributed by atoms with van der Waals surface area (Å²) in [5.41, 5.74) is 7.21. The van der Waals surface area contributed by atoms with Gasteiger partial charge in [0.25, 0.3) is 0 Å². The van der Waals surface area contributed by atoms with Gasteiger partial charge in [-0.15, -0.1) is 0 Å². The van der Waals surface area contributed by atoms with Crippen LogP contribution in [-0.2, 0) is 0 Å². The molecule has 1 nitrogen and oxygen atoms in total. The molecule has 0 unspecified atom stereocenters. The van der Waals surface area contributed by atoms with Crippen LogP contribution in [0.5, 0.6) is 0 Å². The Balaban J connectivity index is -0.0000000612. The first-order valence-electron chi connectivity index (χ1n) is 1.99. The SMILES string of the molecule is [NH-]c1[c-]ccc[c-]1.[Rb+].[Rb+].[Rb+].[Rb+]. The first-order valence-corrected chi connectivity index (χ1v) is 1.99. The van der Waals surface area contributed by atoms with Crippen molar-refractivity contribution in [1.82, 2.24) is 0 Å². The van der Waals surface area contributed by atoms with E-state index in [2.05, 4.69) is 12.1 Å². The van der Waals surface area contributed by atoms with Gasteiger partial charge in [0.1, 0.15) is 0 Å². The van der Waals surface area contributed by atoms with Crippen LogP contribution in [0.25, 0.3) is 5.73 Å². The van der Waals surface area contributed by atoms with Crippen molar-refractivity contribution in [3.8, 4) is 0 Å². The fourth-order valence-electron chi connectivity index (χ4n) is 0.353. The summed E-state index contributed by atoms with van der Waals surface area (Å²) in [5.74, 6) is 0. The van der Waals surface area contributed by atoms with Gasteiger partial charge in [0.15, 0.2) is 0 Å². The molecule has 11 heavy (non-hydrogen) atoms. The van der Waals surface area contributed by atoms with Crippen molar-refractivity contribution in [3.63, 3.8) is 0 Å². The quantitative estimate of drug-likeness (QED) is 0.364. The van der Waals surface area contributed by atoms with Crippen LogP contribution in [0, 0.1) is 12.1 Å². The third kappa shape index (κ3) is 16.2. The number of rotatable bonds is 0. The van der Waals surface area contributed by atoms with Gasteiger partial charge in [-0.25, -0.2) is 0 Å². The molecule has 0 aliphatic rings. The summed E-state index contributed by atoms with van der Waals surface area (Å²) < 4.78 is 0. The van der Waals surface area contributed by atoms with Gasteiger partial charge < -0.3 is 23.6 Å². The first-order chi connectivity index (χ1) is 3.39. The second-order valence-corrected chi connectivity index (χ2v) is 1.19. The molecule has 0 bridgehead atoms. The van der Waals surface area contributed by atoms with E-state index < -0.39 is 0 Å². The molecule has 0 aliphatic heterocycles. The van der Waals surface area contributed by atoms with Gasteiger partial charge in [-0.1, -0.05) is 0 Å². The van der Waals surface area contributed by atoms with E-state index in [0.717, 1.165) is 0 Å². The Morgan fingerprint density at radius 1 is 0.909 bits per heavy atom. The minimum atomic E-state index is 0. The maximum atomic E-state index is 6.88. The average molecular weight is 432 g/mol. The Labute approximate surface area is 264 Å². The van der Waals surface area contributed by atoms with Crippen LogP contribution in [0.15, 0.2) is 18.2 Å². The molecule has 0 saturated heterocycles. The fourth-order valence-corrected chi connectivity index (χ4v) is 0.353. The number of nitrogens with one attached hydrogen (secondary N) is 1. The smallest absolute Gasteiger partial charge is 0.740 e. The molecule has 36 valence electrons. The van der Waals surface area contributed by atoms with Gasteiger partial charge in [0.2, 0.25) is 0 Å². The number of hydrogen-bond donors (Lipinski definition) is 0. The molecule has 1 aromatic carbocycles. The van der Waals surface area contributed by atoms with Crippen LogP contribution in [0.4, 0.5) is 5.69 Å². The summed E-state index contributed by atoms with van der Waals surface area (Å²) >= 11 is 0. The van der Waals surface area contributed by atoms with Crippen molar-refractivity contribution < 1.29 is 233 Å². The van der Waals surface area contributed by atoms with E-state index in [4.69, 9.17) is 5.73 Å².